The van der Waals surface area contributed by atoms with Crippen molar-refractivity contribution in [3.63, 3.8) is 0 Å². The van der Waals surface area contributed by atoms with Crippen LogP contribution in [0.3, 0.4) is 0 Å². The van der Waals surface area contributed by atoms with Crippen LogP contribution in [0.25, 0.3) is 16.9 Å². The number of halogens is 4. The molecule has 0 bridgehead atoms. The summed E-state index contributed by atoms with van der Waals surface area (Å²) in [6, 6.07) is 4.17. The number of imidazole rings is 1. The largest absolute Gasteiger partial charge is 0.573 e. The van der Waals surface area contributed by atoms with E-state index in [9.17, 15) is 13.2 Å². The zero-order valence-electron chi connectivity index (χ0n) is 19.7. The number of hydrogen-bond donors (Lipinski definition) is 1. The van der Waals surface area contributed by atoms with Crippen molar-refractivity contribution >= 4 is 34.8 Å². The Labute approximate surface area is 216 Å². The Morgan fingerprint density at radius 3 is 2.83 bits per heavy atom. The van der Waals surface area contributed by atoms with Crippen LogP contribution in [0.4, 0.5) is 19.0 Å². The highest BCUT2D eigenvalue weighted by atomic mass is 35.5. The lowest BCUT2D eigenvalue weighted by Gasteiger charge is -2.29. The first-order valence-electron chi connectivity index (χ1n) is 11.8. The molecule has 1 aliphatic heterocycles. The van der Waals surface area contributed by atoms with Crippen molar-refractivity contribution in [3.8, 4) is 17.0 Å². The Kier molecular flexibility index (Phi) is 7.52. The van der Waals surface area contributed by atoms with Gasteiger partial charge in [0.2, 0.25) is 0 Å². The number of anilines is 1. The molecule has 2 aromatic heterocycles. The fourth-order valence-electron chi connectivity index (χ4n) is 4.46. The smallest absolute Gasteiger partial charge is 0.406 e. The van der Waals surface area contributed by atoms with E-state index in [-0.39, 0.29) is 10.8 Å². The van der Waals surface area contributed by atoms with E-state index in [0.717, 1.165) is 49.6 Å². The Bertz CT molecular complexity index is 1210. The molecule has 3 aromatic rings. The molecule has 0 spiro atoms. The lowest BCUT2D eigenvalue weighted by atomic mass is 10.1. The second-order valence-corrected chi connectivity index (χ2v) is 10.2. The SMILES string of the molecule is CSc1nc2c(-c3ccc(OC(F)(F)F)cc3Cl)nccn2c1N(CCC1COCCN1)CC1CC1. The minimum atomic E-state index is -4.79. The number of morpholine rings is 1. The summed E-state index contributed by atoms with van der Waals surface area (Å²) in [6.07, 6.45) is 4.12. The summed E-state index contributed by atoms with van der Waals surface area (Å²) in [4.78, 5) is 11.8. The van der Waals surface area contributed by atoms with Gasteiger partial charge in [-0.3, -0.25) is 9.38 Å². The molecule has 1 unspecified atom stereocenters. The van der Waals surface area contributed by atoms with E-state index in [2.05, 4.69) is 19.9 Å². The number of nitrogens with zero attached hydrogens (tertiary/aromatic N) is 4. The van der Waals surface area contributed by atoms with E-state index in [4.69, 9.17) is 21.3 Å². The van der Waals surface area contributed by atoms with Gasteiger partial charge in [-0.25, -0.2) is 4.98 Å². The van der Waals surface area contributed by atoms with E-state index in [1.54, 1.807) is 18.0 Å². The van der Waals surface area contributed by atoms with Gasteiger partial charge in [-0.05, 0) is 49.6 Å². The lowest BCUT2D eigenvalue weighted by molar-refractivity contribution is -0.274. The maximum Gasteiger partial charge on any atom is 0.573 e. The first-order chi connectivity index (χ1) is 17.3. The molecule has 12 heteroatoms. The van der Waals surface area contributed by atoms with E-state index in [1.807, 2.05) is 16.9 Å². The van der Waals surface area contributed by atoms with Gasteiger partial charge >= 0.3 is 6.36 Å². The quantitative estimate of drug-likeness (QED) is 0.370. The molecule has 2 fully saturated rings. The summed E-state index contributed by atoms with van der Waals surface area (Å²) in [5, 5.41) is 4.49. The fraction of sp³-hybridized carbons (Fsp3) is 0.500. The van der Waals surface area contributed by atoms with E-state index >= 15 is 0 Å². The molecule has 2 aliphatic rings. The number of rotatable bonds is 9. The van der Waals surface area contributed by atoms with Gasteiger partial charge in [-0.15, -0.1) is 24.9 Å². The predicted molar refractivity (Wildman–Crippen MR) is 134 cm³/mol. The first kappa shape index (κ1) is 25.4. The van der Waals surface area contributed by atoms with Crippen LogP contribution in [0.15, 0.2) is 35.6 Å². The number of ether oxygens (including phenoxy) is 2. The molecule has 1 saturated heterocycles. The van der Waals surface area contributed by atoms with Crippen LogP contribution in [-0.2, 0) is 4.74 Å². The van der Waals surface area contributed by atoms with Gasteiger partial charge in [0.1, 0.15) is 22.3 Å². The van der Waals surface area contributed by atoms with Crippen LogP contribution in [-0.4, -0.2) is 65.9 Å². The van der Waals surface area contributed by atoms with Crippen LogP contribution in [0.1, 0.15) is 19.3 Å². The predicted octanol–water partition coefficient (Wildman–Crippen LogP) is 5.27. The highest BCUT2D eigenvalue weighted by Gasteiger charge is 2.32. The standard InChI is InChI=1S/C24H27ClF3N5O2S/c1-36-22-23(32(13-15-2-3-15)9-6-16-14-34-11-8-29-16)33-10-7-30-20(21(33)31-22)18-5-4-17(12-19(18)25)35-24(26,27)28/h4-5,7,10,12,15-16,29H,2-3,6,8-9,11,13-14H2,1H3. The van der Waals surface area contributed by atoms with Crippen LogP contribution < -0.4 is 15.0 Å². The first-order valence-corrected chi connectivity index (χ1v) is 13.5. The molecular formula is C24H27ClF3N5O2S. The minimum Gasteiger partial charge on any atom is -0.406 e. The third kappa shape index (κ3) is 5.85. The molecule has 1 saturated carbocycles. The van der Waals surface area contributed by atoms with Crippen LogP contribution in [0, 0.1) is 5.92 Å². The summed E-state index contributed by atoms with van der Waals surface area (Å²) in [5.74, 6) is 1.28. The number of alkyl halides is 3. The van der Waals surface area contributed by atoms with Gasteiger partial charge in [0.25, 0.3) is 0 Å². The maximum atomic E-state index is 12.6. The molecule has 1 aromatic carbocycles. The molecule has 194 valence electrons. The van der Waals surface area contributed by atoms with Crippen molar-refractivity contribution in [1.82, 2.24) is 19.7 Å². The molecule has 1 aliphatic carbocycles. The normalized spacial score (nSPS) is 18.5. The highest BCUT2D eigenvalue weighted by Crippen LogP contribution is 2.39. The molecule has 0 radical (unpaired) electrons. The van der Waals surface area contributed by atoms with Crippen LogP contribution in [0.2, 0.25) is 5.02 Å². The van der Waals surface area contributed by atoms with Crippen molar-refractivity contribution in [2.45, 2.75) is 36.7 Å². The number of benzene rings is 1. The number of aromatic nitrogens is 3. The highest BCUT2D eigenvalue weighted by molar-refractivity contribution is 7.98. The average molecular weight is 542 g/mol. The van der Waals surface area contributed by atoms with E-state index in [0.29, 0.717) is 35.5 Å². The lowest BCUT2D eigenvalue weighted by Crippen LogP contribution is -2.43. The van der Waals surface area contributed by atoms with E-state index in [1.165, 1.54) is 25.0 Å². The Balaban J connectivity index is 1.50. The molecule has 3 heterocycles. The van der Waals surface area contributed by atoms with Gasteiger partial charge in [0.15, 0.2) is 5.65 Å². The number of nitrogens with one attached hydrogen (secondary N) is 1. The molecule has 5 rings (SSSR count). The Morgan fingerprint density at radius 1 is 1.33 bits per heavy atom. The molecule has 1 N–H and O–H groups in total. The van der Waals surface area contributed by atoms with Crippen molar-refractivity contribution in [1.29, 1.82) is 0 Å². The number of fused-ring (bicyclic) bond motifs is 1. The van der Waals surface area contributed by atoms with Gasteiger partial charge < -0.3 is 19.7 Å². The monoisotopic (exact) mass is 541 g/mol. The number of thioether (sulfide) groups is 1. The second kappa shape index (κ2) is 10.6. The summed E-state index contributed by atoms with van der Waals surface area (Å²) in [7, 11) is 0. The summed E-state index contributed by atoms with van der Waals surface area (Å²) in [5.41, 5.74) is 1.58. The topological polar surface area (TPSA) is 63.9 Å². The summed E-state index contributed by atoms with van der Waals surface area (Å²) < 4.78 is 49.5. The Morgan fingerprint density at radius 2 is 2.17 bits per heavy atom. The van der Waals surface area contributed by atoms with Gasteiger partial charge in [-0.2, -0.15) is 0 Å². The molecule has 1 atom stereocenters. The van der Waals surface area contributed by atoms with Crippen molar-refractivity contribution in [2.75, 3.05) is 44.0 Å². The maximum absolute atomic E-state index is 12.6. The third-order valence-corrected chi connectivity index (χ3v) is 7.30. The van der Waals surface area contributed by atoms with Gasteiger partial charge in [0.05, 0.1) is 18.2 Å². The second-order valence-electron chi connectivity index (χ2n) is 9.01. The fourth-order valence-corrected chi connectivity index (χ4v) is 5.30. The van der Waals surface area contributed by atoms with Gasteiger partial charge in [-0.1, -0.05) is 11.6 Å². The summed E-state index contributed by atoms with van der Waals surface area (Å²) in [6.45, 7) is 4.10. The van der Waals surface area contributed by atoms with Crippen molar-refractivity contribution in [2.24, 2.45) is 5.92 Å². The van der Waals surface area contributed by atoms with E-state index < -0.39 is 6.36 Å². The van der Waals surface area contributed by atoms with Gasteiger partial charge in [0, 0.05) is 43.6 Å². The zero-order chi connectivity index (χ0) is 25.3. The molecule has 36 heavy (non-hydrogen) atoms. The minimum absolute atomic E-state index is 0.103. The summed E-state index contributed by atoms with van der Waals surface area (Å²) >= 11 is 7.95. The van der Waals surface area contributed by atoms with Crippen LogP contribution >= 0.6 is 23.4 Å². The third-order valence-electron chi connectivity index (χ3n) is 6.33. The zero-order valence-corrected chi connectivity index (χ0v) is 21.3. The van der Waals surface area contributed by atoms with Crippen molar-refractivity contribution in [3.05, 3.63) is 35.6 Å². The number of hydrogen-bond acceptors (Lipinski definition) is 7. The van der Waals surface area contributed by atoms with Crippen molar-refractivity contribution < 1.29 is 22.6 Å². The van der Waals surface area contributed by atoms with Crippen LogP contribution in [0.5, 0.6) is 5.75 Å². The molecule has 0 amide bonds. The molecular weight excluding hydrogens is 515 g/mol. The Hall–Kier alpha value is -2.21. The average Bonchev–Trinajstić information content (AvgIpc) is 3.58. The molecule has 7 nitrogen and oxygen atoms in total.